The van der Waals surface area contributed by atoms with E-state index in [2.05, 4.69) is 20.7 Å². The number of nitrogens with two attached hydrogens (primary N) is 1. The highest BCUT2D eigenvalue weighted by atomic mass is 16.5. The maximum atomic E-state index is 5.45. The van der Waals surface area contributed by atoms with Gasteiger partial charge >= 0.3 is 0 Å². The van der Waals surface area contributed by atoms with Crippen LogP contribution in [0.3, 0.4) is 0 Å². The second kappa shape index (κ2) is 5.07. The van der Waals surface area contributed by atoms with Crippen LogP contribution < -0.4 is 16.6 Å². The molecule has 1 aromatic rings. The molecule has 3 rings (SSSR count). The first-order valence-electron chi connectivity index (χ1n) is 6.55. The Morgan fingerprint density at radius 2 is 2.06 bits per heavy atom. The second-order valence-corrected chi connectivity index (χ2v) is 4.97. The maximum absolute atomic E-state index is 5.45. The van der Waals surface area contributed by atoms with Crippen molar-refractivity contribution in [3.05, 3.63) is 11.9 Å². The van der Waals surface area contributed by atoms with Gasteiger partial charge in [0.15, 0.2) is 0 Å². The Balaban J connectivity index is 1.74. The molecular weight excluding hydrogens is 230 g/mol. The van der Waals surface area contributed by atoms with Crippen LogP contribution in [0.1, 0.15) is 37.4 Å². The molecule has 1 saturated carbocycles. The van der Waals surface area contributed by atoms with E-state index in [1.54, 1.807) is 0 Å². The van der Waals surface area contributed by atoms with E-state index >= 15 is 0 Å². The van der Waals surface area contributed by atoms with Crippen molar-refractivity contribution in [2.24, 2.45) is 5.84 Å². The minimum atomic E-state index is 0.339. The minimum Gasteiger partial charge on any atom is -0.379 e. The molecule has 0 radical (unpaired) electrons. The molecule has 6 nitrogen and oxygen atoms in total. The van der Waals surface area contributed by atoms with Crippen molar-refractivity contribution in [2.75, 3.05) is 24.0 Å². The Morgan fingerprint density at radius 1 is 1.22 bits per heavy atom. The van der Waals surface area contributed by atoms with Crippen LogP contribution in [-0.4, -0.2) is 29.2 Å². The molecule has 98 valence electrons. The fraction of sp³-hybridized carbons (Fsp3) is 0.667. The zero-order valence-corrected chi connectivity index (χ0v) is 10.4. The Labute approximate surface area is 106 Å². The second-order valence-electron chi connectivity index (χ2n) is 4.97. The zero-order chi connectivity index (χ0) is 12.4. The van der Waals surface area contributed by atoms with E-state index in [9.17, 15) is 0 Å². The number of aromatic nitrogens is 2. The smallest absolute Gasteiger partial charge is 0.145 e. The van der Waals surface area contributed by atoms with Gasteiger partial charge in [0.05, 0.1) is 12.6 Å². The molecule has 18 heavy (non-hydrogen) atoms. The van der Waals surface area contributed by atoms with Gasteiger partial charge in [-0.25, -0.2) is 15.8 Å². The summed E-state index contributed by atoms with van der Waals surface area (Å²) >= 11 is 0. The lowest BCUT2D eigenvalue weighted by Crippen LogP contribution is -2.30. The van der Waals surface area contributed by atoms with Gasteiger partial charge < -0.3 is 15.5 Å². The van der Waals surface area contributed by atoms with Crippen LogP contribution in [0.15, 0.2) is 6.07 Å². The number of hydrogen-bond donors (Lipinski definition) is 3. The average molecular weight is 249 g/mol. The number of nitrogen functional groups attached to an aromatic ring is 1. The lowest BCUT2D eigenvalue weighted by Gasteiger charge is -2.23. The average Bonchev–Trinajstić information content (AvgIpc) is 3.24. The monoisotopic (exact) mass is 249 g/mol. The van der Waals surface area contributed by atoms with Gasteiger partial charge in [0.1, 0.15) is 17.5 Å². The third-order valence-corrected chi connectivity index (χ3v) is 3.35. The van der Waals surface area contributed by atoms with Gasteiger partial charge in [0.2, 0.25) is 0 Å². The number of ether oxygens (including phenoxy) is 1. The van der Waals surface area contributed by atoms with E-state index in [0.717, 1.165) is 37.7 Å². The molecule has 0 aromatic carbocycles. The molecule has 1 atom stereocenters. The van der Waals surface area contributed by atoms with Crippen LogP contribution >= 0.6 is 0 Å². The van der Waals surface area contributed by atoms with Crippen LogP contribution in [0.25, 0.3) is 0 Å². The molecule has 1 aliphatic heterocycles. The van der Waals surface area contributed by atoms with E-state index in [1.165, 1.54) is 12.8 Å². The zero-order valence-electron chi connectivity index (χ0n) is 10.4. The SMILES string of the molecule is NNc1cc(NC2CCCOC2)nc(C2CC2)n1. The van der Waals surface area contributed by atoms with Gasteiger partial charge in [0, 0.05) is 18.6 Å². The van der Waals surface area contributed by atoms with Gasteiger partial charge in [-0.1, -0.05) is 0 Å². The van der Waals surface area contributed by atoms with Gasteiger partial charge in [-0.3, -0.25) is 0 Å². The molecule has 2 aliphatic rings. The van der Waals surface area contributed by atoms with Crippen molar-refractivity contribution in [3.8, 4) is 0 Å². The Kier molecular flexibility index (Phi) is 3.29. The van der Waals surface area contributed by atoms with Crippen molar-refractivity contribution in [2.45, 2.75) is 37.6 Å². The Morgan fingerprint density at radius 3 is 2.72 bits per heavy atom. The number of rotatable bonds is 4. The molecule has 1 aliphatic carbocycles. The number of hydrazine groups is 1. The lowest BCUT2D eigenvalue weighted by atomic mass is 10.1. The highest BCUT2D eigenvalue weighted by Crippen LogP contribution is 2.38. The first-order valence-corrected chi connectivity index (χ1v) is 6.55. The molecule has 0 amide bonds. The molecule has 6 heteroatoms. The predicted molar refractivity (Wildman–Crippen MR) is 69.3 cm³/mol. The largest absolute Gasteiger partial charge is 0.379 e. The van der Waals surface area contributed by atoms with Crippen molar-refractivity contribution in [3.63, 3.8) is 0 Å². The third kappa shape index (κ3) is 2.70. The van der Waals surface area contributed by atoms with Crippen LogP contribution in [0.4, 0.5) is 11.6 Å². The van der Waals surface area contributed by atoms with Gasteiger partial charge in [0.25, 0.3) is 0 Å². The fourth-order valence-electron chi connectivity index (χ4n) is 2.20. The number of hydrogen-bond acceptors (Lipinski definition) is 6. The molecular formula is C12H19N5O. The molecule has 1 unspecified atom stereocenters. The normalized spacial score (nSPS) is 23.7. The summed E-state index contributed by atoms with van der Waals surface area (Å²) in [5.41, 5.74) is 2.61. The maximum Gasteiger partial charge on any atom is 0.145 e. The summed E-state index contributed by atoms with van der Waals surface area (Å²) in [7, 11) is 0. The summed E-state index contributed by atoms with van der Waals surface area (Å²) in [6, 6.07) is 2.19. The molecule has 0 spiro atoms. The number of nitrogens with zero attached hydrogens (tertiary/aromatic N) is 2. The fourth-order valence-corrected chi connectivity index (χ4v) is 2.20. The van der Waals surface area contributed by atoms with E-state index < -0.39 is 0 Å². The van der Waals surface area contributed by atoms with Crippen LogP contribution in [-0.2, 0) is 4.74 Å². The van der Waals surface area contributed by atoms with E-state index in [-0.39, 0.29) is 0 Å². The third-order valence-electron chi connectivity index (χ3n) is 3.35. The van der Waals surface area contributed by atoms with Crippen molar-refractivity contribution >= 4 is 11.6 Å². The topological polar surface area (TPSA) is 85.1 Å². The van der Waals surface area contributed by atoms with Crippen LogP contribution in [0.5, 0.6) is 0 Å². The highest BCUT2D eigenvalue weighted by Gasteiger charge is 2.27. The standard InChI is InChI=1S/C12H19N5O/c13-17-11-6-10(14-9-2-1-5-18-7-9)15-12(16-11)8-3-4-8/h6,8-9H,1-5,7,13H2,(H2,14,15,16,17). The van der Waals surface area contributed by atoms with E-state index in [1.807, 2.05) is 6.07 Å². The molecule has 1 saturated heterocycles. The summed E-state index contributed by atoms with van der Waals surface area (Å²) in [4.78, 5) is 8.95. The van der Waals surface area contributed by atoms with Crippen molar-refractivity contribution in [1.82, 2.24) is 9.97 Å². The summed E-state index contributed by atoms with van der Waals surface area (Å²) in [6.45, 7) is 1.61. The predicted octanol–water partition coefficient (Wildman–Crippen LogP) is 1.23. The van der Waals surface area contributed by atoms with Crippen LogP contribution in [0, 0.1) is 0 Å². The van der Waals surface area contributed by atoms with Crippen molar-refractivity contribution in [1.29, 1.82) is 0 Å². The molecule has 1 aromatic heterocycles. The quantitative estimate of drug-likeness (QED) is 0.550. The Hall–Kier alpha value is -1.40. The van der Waals surface area contributed by atoms with Gasteiger partial charge in [-0.05, 0) is 25.7 Å². The molecule has 2 heterocycles. The molecule has 4 N–H and O–H groups in total. The first-order chi connectivity index (χ1) is 8.85. The minimum absolute atomic E-state index is 0.339. The van der Waals surface area contributed by atoms with E-state index in [4.69, 9.17) is 10.6 Å². The lowest BCUT2D eigenvalue weighted by molar-refractivity contribution is 0.0875. The van der Waals surface area contributed by atoms with E-state index in [0.29, 0.717) is 17.8 Å². The summed E-state index contributed by atoms with van der Waals surface area (Å²) in [5, 5.41) is 3.41. The Bertz CT molecular complexity index is 415. The first kappa shape index (κ1) is 11.7. The van der Waals surface area contributed by atoms with Crippen molar-refractivity contribution < 1.29 is 4.74 Å². The van der Waals surface area contributed by atoms with Crippen LogP contribution in [0.2, 0.25) is 0 Å². The summed E-state index contributed by atoms with van der Waals surface area (Å²) in [6.07, 6.45) is 4.58. The summed E-state index contributed by atoms with van der Waals surface area (Å²) < 4.78 is 5.45. The number of anilines is 2. The number of nitrogens with one attached hydrogen (secondary N) is 2. The molecule has 0 bridgehead atoms. The molecule has 2 fully saturated rings. The van der Waals surface area contributed by atoms with Gasteiger partial charge in [-0.2, -0.15) is 0 Å². The van der Waals surface area contributed by atoms with Gasteiger partial charge in [-0.15, -0.1) is 0 Å². The highest BCUT2D eigenvalue weighted by molar-refractivity contribution is 5.48. The summed E-state index contributed by atoms with van der Waals surface area (Å²) in [5.74, 6) is 8.37.